The highest BCUT2D eigenvalue weighted by molar-refractivity contribution is 4.98. The highest BCUT2D eigenvalue weighted by Gasteiger charge is 2.58. The summed E-state index contributed by atoms with van der Waals surface area (Å²) in [5.74, 6) is 0.947. The van der Waals surface area contributed by atoms with Crippen molar-refractivity contribution in [2.45, 2.75) is 83.8 Å². The van der Waals surface area contributed by atoms with E-state index >= 15 is 0 Å². The summed E-state index contributed by atoms with van der Waals surface area (Å²) in [6, 6.07) is 0. The predicted octanol–water partition coefficient (Wildman–Crippen LogP) is 1.65. The molecule has 0 aromatic carbocycles. The van der Waals surface area contributed by atoms with Gasteiger partial charge in [-0.2, -0.15) is 0 Å². The molecule has 3 rings (SSSR count). The Bertz CT molecular complexity index is 374. The average Bonchev–Trinajstić information content (AvgIpc) is 2.94. The monoisotopic (exact) mass is 316 g/mol. The molecule has 0 saturated carbocycles. The van der Waals surface area contributed by atoms with Crippen molar-refractivity contribution in [1.82, 2.24) is 0 Å². The van der Waals surface area contributed by atoms with Gasteiger partial charge in [-0.15, -0.1) is 0 Å². The van der Waals surface area contributed by atoms with Crippen molar-refractivity contribution in [3.63, 3.8) is 0 Å². The highest BCUT2D eigenvalue weighted by Crippen LogP contribution is 2.41. The Labute approximate surface area is 132 Å². The average molecular weight is 316 g/mol. The van der Waals surface area contributed by atoms with Crippen LogP contribution in [0.4, 0.5) is 0 Å². The van der Waals surface area contributed by atoms with Crippen molar-refractivity contribution < 1.29 is 28.8 Å². The minimum absolute atomic E-state index is 0.0893. The van der Waals surface area contributed by atoms with E-state index in [9.17, 15) is 5.11 Å². The lowest BCUT2D eigenvalue weighted by Crippen LogP contribution is -2.53. The maximum absolute atomic E-state index is 9.58. The number of ether oxygens (including phenoxy) is 5. The third-order valence-corrected chi connectivity index (χ3v) is 4.31. The van der Waals surface area contributed by atoms with Gasteiger partial charge in [0.2, 0.25) is 0 Å². The molecule has 0 amide bonds. The Hall–Kier alpha value is -0.240. The van der Waals surface area contributed by atoms with E-state index in [2.05, 4.69) is 27.7 Å². The van der Waals surface area contributed by atoms with Crippen molar-refractivity contribution >= 4 is 0 Å². The molecule has 3 fully saturated rings. The fourth-order valence-electron chi connectivity index (χ4n) is 3.33. The smallest absolute Gasteiger partial charge is 0.190 e. The van der Waals surface area contributed by atoms with E-state index in [4.69, 9.17) is 23.7 Å². The molecule has 7 unspecified atom stereocenters. The first kappa shape index (κ1) is 16.6. The van der Waals surface area contributed by atoms with E-state index < -0.39 is 6.29 Å². The molecule has 128 valence electrons. The van der Waals surface area contributed by atoms with Crippen LogP contribution in [0.1, 0.15) is 40.5 Å². The molecule has 3 aliphatic rings. The van der Waals surface area contributed by atoms with E-state index in [0.717, 1.165) is 12.8 Å². The summed E-state index contributed by atoms with van der Waals surface area (Å²) in [6.07, 6.45) is -0.553. The van der Waals surface area contributed by atoms with Crippen LogP contribution in [0.2, 0.25) is 0 Å². The normalized spacial score (nSPS) is 44.6. The van der Waals surface area contributed by atoms with Crippen LogP contribution in [0, 0.1) is 11.8 Å². The van der Waals surface area contributed by atoms with E-state index in [1.807, 2.05) is 0 Å². The SMILES string of the molecule is CC(C)CC1OC2OC3C(CO)OC(CC(C)C)OC3C2O1. The van der Waals surface area contributed by atoms with Crippen LogP contribution in [0.5, 0.6) is 0 Å². The van der Waals surface area contributed by atoms with Crippen molar-refractivity contribution in [3.8, 4) is 0 Å². The summed E-state index contributed by atoms with van der Waals surface area (Å²) in [5, 5.41) is 9.58. The number of aliphatic hydroxyl groups is 1. The molecule has 6 heteroatoms. The van der Waals surface area contributed by atoms with Gasteiger partial charge in [0.25, 0.3) is 0 Å². The molecule has 6 nitrogen and oxygen atoms in total. The topological polar surface area (TPSA) is 66.4 Å². The predicted molar refractivity (Wildman–Crippen MR) is 77.9 cm³/mol. The van der Waals surface area contributed by atoms with Crippen molar-refractivity contribution in [2.75, 3.05) is 6.61 Å². The second-order valence-electron chi connectivity index (χ2n) is 7.28. The second-order valence-corrected chi connectivity index (χ2v) is 7.28. The molecule has 0 aliphatic carbocycles. The Balaban J connectivity index is 1.66. The summed E-state index contributed by atoms with van der Waals surface area (Å²) >= 11 is 0. The Morgan fingerprint density at radius 3 is 1.91 bits per heavy atom. The molecule has 0 bridgehead atoms. The molecule has 3 aliphatic heterocycles. The molecule has 3 heterocycles. The summed E-state index contributed by atoms with van der Waals surface area (Å²) in [4.78, 5) is 0. The van der Waals surface area contributed by atoms with Crippen LogP contribution in [0.25, 0.3) is 0 Å². The minimum Gasteiger partial charge on any atom is -0.394 e. The summed E-state index contributed by atoms with van der Waals surface area (Å²) < 4.78 is 29.6. The molecular formula is C16H28O6. The zero-order chi connectivity index (χ0) is 15.9. The second kappa shape index (κ2) is 6.71. The van der Waals surface area contributed by atoms with Gasteiger partial charge in [0.15, 0.2) is 18.9 Å². The molecule has 0 aromatic rings. The summed E-state index contributed by atoms with van der Waals surface area (Å²) in [5.41, 5.74) is 0. The number of rotatable bonds is 5. The molecular weight excluding hydrogens is 288 g/mol. The van der Waals surface area contributed by atoms with Crippen molar-refractivity contribution in [1.29, 1.82) is 0 Å². The fraction of sp³-hybridized carbons (Fsp3) is 1.00. The van der Waals surface area contributed by atoms with Gasteiger partial charge in [-0.05, 0) is 11.8 Å². The lowest BCUT2D eigenvalue weighted by Gasteiger charge is -2.39. The molecule has 3 saturated heterocycles. The van der Waals surface area contributed by atoms with Gasteiger partial charge in [-0.1, -0.05) is 27.7 Å². The lowest BCUT2D eigenvalue weighted by atomic mass is 10.0. The van der Waals surface area contributed by atoms with Gasteiger partial charge in [0.05, 0.1) is 6.61 Å². The highest BCUT2D eigenvalue weighted by atomic mass is 16.8. The first-order valence-corrected chi connectivity index (χ1v) is 8.36. The van der Waals surface area contributed by atoms with E-state index in [1.165, 1.54) is 0 Å². The Kier molecular flexibility index (Phi) is 5.07. The number of fused-ring (bicyclic) bond motifs is 3. The van der Waals surface area contributed by atoms with Crippen LogP contribution in [0.3, 0.4) is 0 Å². The van der Waals surface area contributed by atoms with Gasteiger partial charge in [-0.3, -0.25) is 0 Å². The van der Waals surface area contributed by atoms with E-state index in [-0.39, 0.29) is 43.6 Å². The lowest BCUT2D eigenvalue weighted by molar-refractivity contribution is -0.304. The van der Waals surface area contributed by atoms with Gasteiger partial charge in [-0.25, -0.2) is 0 Å². The summed E-state index contributed by atoms with van der Waals surface area (Å²) in [6.45, 7) is 8.42. The third kappa shape index (κ3) is 3.32. The van der Waals surface area contributed by atoms with Crippen LogP contribution < -0.4 is 0 Å². The quantitative estimate of drug-likeness (QED) is 0.832. The number of aliphatic hydroxyl groups excluding tert-OH is 1. The van der Waals surface area contributed by atoms with Crippen LogP contribution >= 0.6 is 0 Å². The van der Waals surface area contributed by atoms with E-state index in [1.54, 1.807) is 0 Å². The zero-order valence-electron chi connectivity index (χ0n) is 13.8. The van der Waals surface area contributed by atoms with Crippen LogP contribution in [0.15, 0.2) is 0 Å². The first-order valence-electron chi connectivity index (χ1n) is 8.36. The fourth-order valence-corrected chi connectivity index (χ4v) is 3.33. The minimum atomic E-state index is -0.422. The Morgan fingerprint density at radius 1 is 0.727 bits per heavy atom. The summed E-state index contributed by atoms with van der Waals surface area (Å²) in [7, 11) is 0. The van der Waals surface area contributed by atoms with Gasteiger partial charge >= 0.3 is 0 Å². The third-order valence-electron chi connectivity index (χ3n) is 4.31. The zero-order valence-corrected chi connectivity index (χ0v) is 13.8. The standard InChI is InChI=1S/C16H28O6/c1-8(2)5-11-18-10(7-17)13-14(19-11)15-16(22-13)21-12(20-15)6-9(3)4/h8-17H,5-7H2,1-4H3. The maximum Gasteiger partial charge on any atom is 0.190 e. The van der Waals surface area contributed by atoms with Crippen molar-refractivity contribution in [3.05, 3.63) is 0 Å². The number of hydrogen-bond acceptors (Lipinski definition) is 6. The molecule has 7 atom stereocenters. The Morgan fingerprint density at radius 2 is 1.32 bits per heavy atom. The largest absolute Gasteiger partial charge is 0.394 e. The molecule has 0 aromatic heterocycles. The van der Waals surface area contributed by atoms with Crippen LogP contribution in [-0.2, 0) is 23.7 Å². The van der Waals surface area contributed by atoms with Gasteiger partial charge < -0.3 is 28.8 Å². The number of hydrogen-bond donors (Lipinski definition) is 1. The van der Waals surface area contributed by atoms with Gasteiger partial charge in [0, 0.05) is 12.8 Å². The molecule has 0 radical (unpaired) electrons. The molecule has 22 heavy (non-hydrogen) atoms. The maximum atomic E-state index is 9.58. The molecule has 0 spiro atoms. The van der Waals surface area contributed by atoms with Crippen LogP contribution in [-0.4, -0.2) is 55.0 Å². The first-order chi connectivity index (χ1) is 10.5. The van der Waals surface area contributed by atoms with Gasteiger partial charge in [0.1, 0.15) is 24.4 Å². The molecule has 1 N–H and O–H groups in total. The van der Waals surface area contributed by atoms with E-state index in [0.29, 0.717) is 11.8 Å². The van der Waals surface area contributed by atoms with Crippen molar-refractivity contribution in [2.24, 2.45) is 11.8 Å².